The second-order valence-corrected chi connectivity index (χ2v) is 20.0. The highest BCUT2D eigenvalue weighted by Crippen LogP contribution is 2.45. The third kappa shape index (κ3) is 7.43. The molecule has 0 saturated carbocycles. The average Bonchev–Trinajstić information content (AvgIpc) is 3.76. The maximum absolute atomic E-state index is 13.1. The molecule has 0 spiro atoms. The topological polar surface area (TPSA) is 130 Å². The maximum atomic E-state index is 13.1. The summed E-state index contributed by atoms with van der Waals surface area (Å²) in [5.41, 5.74) is 2.89. The van der Waals surface area contributed by atoms with E-state index >= 15 is 0 Å². The van der Waals surface area contributed by atoms with Gasteiger partial charge in [0, 0.05) is 5.56 Å². The van der Waals surface area contributed by atoms with Gasteiger partial charge in [-0.1, -0.05) is 112 Å². The van der Waals surface area contributed by atoms with Crippen LogP contribution in [-0.2, 0) is 19.5 Å². The molecule has 2 aromatic heterocycles. The number of aliphatic hydroxyl groups excluding tert-OH is 1. The van der Waals surface area contributed by atoms with Crippen LogP contribution in [0.4, 0.5) is 5.82 Å². The zero-order chi connectivity index (χ0) is 38.8. The summed E-state index contributed by atoms with van der Waals surface area (Å²) < 4.78 is 28.3. The van der Waals surface area contributed by atoms with Crippen molar-refractivity contribution in [2.45, 2.75) is 69.0 Å². The number of ether oxygens (including phenoxy) is 3. The molecule has 0 radical (unpaired) electrons. The van der Waals surface area contributed by atoms with Gasteiger partial charge in [-0.25, -0.2) is 15.0 Å². The molecule has 4 atom stereocenters. The van der Waals surface area contributed by atoms with Crippen LogP contribution in [-0.4, -0.2) is 70.9 Å². The van der Waals surface area contributed by atoms with Gasteiger partial charge in [-0.3, -0.25) is 9.36 Å². The number of nitrogens with zero attached hydrogens (tertiary/aromatic N) is 4. The summed E-state index contributed by atoms with van der Waals surface area (Å²) in [7, 11) is -0.821. The number of carbonyl (C=O) groups excluding carboxylic acids is 1. The number of hydrogen-bond acceptors (Lipinski definition) is 9. The third-order valence-corrected chi connectivity index (χ3v) is 15.2. The van der Waals surface area contributed by atoms with Gasteiger partial charge in [-0.15, -0.1) is 0 Å². The van der Waals surface area contributed by atoms with E-state index in [1.807, 2.05) is 66.7 Å². The summed E-state index contributed by atoms with van der Waals surface area (Å²) in [6.45, 7) is 10.9. The van der Waals surface area contributed by atoms with Gasteiger partial charge in [0.15, 0.2) is 31.5 Å². The predicted molar refractivity (Wildman–Crippen MR) is 213 cm³/mol. The molecule has 1 aliphatic heterocycles. The monoisotopic (exact) mass is 757 g/mol. The number of rotatable bonds is 12. The first-order valence-corrected chi connectivity index (χ1v) is 21.3. The van der Waals surface area contributed by atoms with Crippen molar-refractivity contribution < 1.29 is 28.5 Å². The second-order valence-electron chi connectivity index (χ2n) is 15.2. The lowest BCUT2D eigenvalue weighted by molar-refractivity contribution is -0.0930. The molecule has 55 heavy (non-hydrogen) atoms. The van der Waals surface area contributed by atoms with Crippen LogP contribution >= 0.6 is 0 Å². The van der Waals surface area contributed by atoms with Crippen LogP contribution in [0, 0.1) is 0 Å². The fourth-order valence-electron chi connectivity index (χ4n) is 6.77. The number of aliphatic hydroxyl groups is 1. The number of anilines is 1. The van der Waals surface area contributed by atoms with Crippen LogP contribution < -0.4 is 10.1 Å². The molecule has 0 unspecified atom stereocenters. The standard InChI is InChI=1S/C43H47N5O6Si/c1-42(2,3)55(5,6)54-37-34(26-52-43(30-18-12-8-13-19-30,31-20-14-9-15-21-31)32-22-24-33(51-4)25-23-32)53-41(36(37)49)48-28-46-35-38(44-27-45-39(35)48)47-40(50)29-16-10-7-11-17-29/h7-25,27-28,34,36-37,41,49H,26H2,1-6H3,(H,44,45,47,50)/t34-,36+,37-,41-/m0/s1. The fourth-order valence-corrected chi connectivity index (χ4v) is 8.10. The van der Waals surface area contributed by atoms with E-state index in [0.717, 1.165) is 22.4 Å². The van der Waals surface area contributed by atoms with Crippen LogP contribution in [0.2, 0.25) is 18.1 Å². The first-order valence-electron chi connectivity index (χ1n) is 18.4. The third-order valence-electron chi connectivity index (χ3n) is 10.8. The van der Waals surface area contributed by atoms with Crippen LogP contribution in [0.1, 0.15) is 54.0 Å². The minimum atomic E-state index is -2.47. The van der Waals surface area contributed by atoms with Gasteiger partial charge in [-0.05, 0) is 59.1 Å². The lowest BCUT2D eigenvalue weighted by Crippen LogP contribution is -2.50. The number of imidazole rings is 1. The molecule has 6 aromatic rings. The number of nitrogens with one attached hydrogen (secondary N) is 1. The number of methoxy groups -OCH3 is 1. The Labute approximate surface area is 322 Å². The van der Waals surface area contributed by atoms with Crippen LogP contribution in [0.25, 0.3) is 11.2 Å². The normalized spacial score (nSPS) is 19.0. The Hall–Kier alpha value is -5.24. The van der Waals surface area contributed by atoms with E-state index < -0.39 is 38.5 Å². The summed E-state index contributed by atoms with van der Waals surface area (Å²) in [6, 6.07) is 36.9. The number of fused-ring (bicyclic) bond motifs is 1. The van der Waals surface area contributed by atoms with Crippen molar-refractivity contribution in [1.82, 2.24) is 19.5 Å². The van der Waals surface area contributed by atoms with Gasteiger partial charge in [0.05, 0.1) is 20.0 Å². The summed E-state index contributed by atoms with van der Waals surface area (Å²) in [4.78, 5) is 26.5. The molecule has 284 valence electrons. The van der Waals surface area contributed by atoms with Gasteiger partial charge < -0.3 is 29.1 Å². The highest BCUT2D eigenvalue weighted by atomic mass is 28.4. The van der Waals surface area contributed by atoms with Crippen molar-refractivity contribution in [2.24, 2.45) is 0 Å². The summed E-state index contributed by atoms with van der Waals surface area (Å²) in [5.74, 6) is 0.643. The van der Waals surface area contributed by atoms with Crippen LogP contribution in [0.5, 0.6) is 5.75 Å². The molecule has 1 amide bonds. The van der Waals surface area contributed by atoms with Gasteiger partial charge in [0.2, 0.25) is 0 Å². The Kier molecular flexibility index (Phi) is 10.7. The fraction of sp³-hybridized carbons (Fsp3) is 0.302. The van der Waals surface area contributed by atoms with Crippen molar-refractivity contribution in [3.63, 3.8) is 0 Å². The minimum absolute atomic E-state index is 0.0582. The summed E-state index contributed by atoms with van der Waals surface area (Å²) >= 11 is 0. The first kappa shape index (κ1) is 38.0. The molecule has 0 aliphatic carbocycles. The van der Waals surface area contributed by atoms with Crippen molar-refractivity contribution in [3.8, 4) is 5.75 Å². The van der Waals surface area contributed by atoms with E-state index in [2.05, 4.69) is 78.4 Å². The number of aromatic nitrogens is 4. The van der Waals surface area contributed by atoms with Crippen LogP contribution in [0.3, 0.4) is 0 Å². The Bertz CT molecular complexity index is 2170. The Balaban J connectivity index is 1.27. The summed E-state index contributed by atoms with van der Waals surface area (Å²) in [6.07, 6.45) is -0.632. The second kappa shape index (κ2) is 15.5. The molecule has 1 aliphatic rings. The molecule has 4 aromatic carbocycles. The number of hydrogen-bond donors (Lipinski definition) is 2. The molecular weight excluding hydrogens is 711 g/mol. The van der Waals surface area contributed by atoms with Crippen molar-refractivity contribution in [3.05, 3.63) is 150 Å². The Morgan fingerprint density at radius 3 is 2.00 bits per heavy atom. The number of carbonyl (C=O) groups is 1. The summed E-state index contributed by atoms with van der Waals surface area (Å²) in [5, 5.41) is 14.9. The Morgan fingerprint density at radius 2 is 1.42 bits per heavy atom. The SMILES string of the molecule is COc1ccc(C(OC[C@@H]2O[C@H](n3cnc4c(NC(=O)c5ccccc5)ncnc43)[C@H](O)[C@H]2O[Si](C)(C)C(C)(C)C)(c2ccccc2)c2ccccc2)cc1. The van der Waals surface area contributed by atoms with E-state index in [-0.39, 0.29) is 23.4 Å². The van der Waals surface area contributed by atoms with E-state index in [4.69, 9.17) is 18.6 Å². The number of benzene rings is 4. The molecule has 0 bridgehead atoms. The highest BCUT2D eigenvalue weighted by Gasteiger charge is 2.52. The predicted octanol–water partition coefficient (Wildman–Crippen LogP) is 7.74. The van der Waals surface area contributed by atoms with Crippen molar-refractivity contribution in [1.29, 1.82) is 0 Å². The van der Waals surface area contributed by atoms with Crippen molar-refractivity contribution in [2.75, 3.05) is 19.0 Å². The highest BCUT2D eigenvalue weighted by molar-refractivity contribution is 6.74. The molecule has 2 N–H and O–H groups in total. The van der Waals surface area contributed by atoms with E-state index in [0.29, 0.717) is 16.7 Å². The minimum Gasteiger partial charge on any atom is -0.497 e. The molecule has 7 rings (SSSR count). The average molecular weight is 758 g/mol. The maximum Gasteiger partial charge on any atom is 0.256 e. The van der Waals surface area contributed by atoms with E-state index in [1.54, 1.807) is 42.3 Å². The van der Waals surface area contributed by atoms with Crippen molar-refractivity contribution >= 4 is 31.2 Å². The molecule has 1 fully saturated rings. The lowest BCUT2D eigenvalue weighted by Gasteiger charge is -2.41. The number of amides is 1. The lowest BCUT2D eigenvalue weighted by atomic mass is 9.80. The zero-order valence-corrected chi connectivity index (χ0v) is 32.9. The largest absolute Gasteiger partial charge is 0.497 e. The van der Waals surface area contributed by atoms with Gasteiger partial charge in [-0.2, -0.15) is 0 Å². The first-order chi connectivity index (χ1) is 26.4. The quantitative estimate of drug-likeness (QED) is 0.0951. The zero-order valence-electron chi connectivity index (χ0n) is 31.9. The molecule has 11 nitrogen and oxygen atoms in total. The van der Waals surface area contributed by atoms with E-state index in [9.17, 15) is 9.90 Å². The van der Waals surface area contributed by atoms with Gasteiger partial charge in [0.1, 0.15) is 36.0 Å². The van der Waals surface area contributed by atoms with Gasteiger partial charge >= 0.3 is 0 Å². The Morgan fingerprint density at radius 1 is 0.836 bits per heavy atom. The molecule has 1 saturated heterocycles. The van der Waals surface area contributed by atoms with Crippen LogP contribution in [0.15, 0.2) is 128 Å². The van der Waals surface area contributed by atoms with Gasteiger partial charge in [0.25, 0.3) is 5.91 Å². The molecule has 3 heterocycles. The smallest absolute Gasteiger partial charge is 0.256 e. The molecular formula is C43H47N5O6Si. The molecule has 12 heteroatoms. The van der Waals surface area contributed by atoms with E-state index in [1.165, 1.54) is 6.33 Å².